The van der Waals surface area contributed by atoms with E-state index in [0.717, 1.165) is 53.6 Å². The summed E-state index contributed by atoms with van der Waals surface area (Å²) in [6.07, 6.45) is 7.28. The Bertz CT molecular complexity index is 1640. The molecule has 5 aromatic rings. The van der Waals surface area contributed by atoms with Crippen molar-refractivity contribution in [3.05, 3.63) is 71.2 Å². The molecule has 0 aliphatic heterocycles. The molecule has 0 amide bonds. The highest BCUT2D eigenvalue weighted by Crippen LogP contribution is 2.39. The maximum atomic E-state index is 15.4. The van der Waals surface area contributed by atoms with E-state index in [0.29, 0.717) is 33.5 Å². The van der Waals surface area contributed by atoms with Crippen molar-refractivity contribution in [1.82, 2.24) is 24.5 Å². The van der Waals surface area contributed by atoms with Crippen LogP contribution in [-0.4, -0.2) is 30.5 Å². The molecule has 1 saturated carbocycles. The van der Waals surface area contributed by atoms with E-state index in [4.69, 9.17) is 27.1 Å². The fraction of sp³-hybridized carbons (Fsp3) is 0.286. The number of benzene rings is 2. The molecule has 0 unspecified atom stereocenters. The minimum absolute atomic E-state index is 0.224. The number of pyridine rings is 1. The van der Waals surface area contributed by atoms with Gasteiger partial charge in [0.1, 0.15) is 22.9 Å². The van der Waals surface area contributed by atoms with Crippen molar-refractivity contribution in [3.8, 4) is 22.9 Å². The number of aromatic nitrogens is 5. The molecule has 2 aromatic carbocycles. The van der Waals surface area contributed by atoms with Gasteiger partial charge in [0.15, 0.2) is 0 Å². The molecule has 0 bridgehead atoms. The Morgan fingerprint density at radius 3 is 2.54 bits per heavy atom. The molecule has 3 heterocycles. The van der Waals surface area contributed by atoms with Gasteiger partial charge in [0.2, 0.25) is 0 Å². The van der Waals surface area contributed by atoms with Crippen LogP contribution in [0.5, 0.6) is 11.8 Å². The summed E-state index contributed by atoms with van der Waals surface area (Å²) < 4.78 is 23.4. The van der Waals surface area contributed by atoms with Crippen LogP contribution in [0.4, 0.5) is 4.39 Å². The average Bonchev–Trinajstić information content (AvgIpc) is 3.21. The summed E-state index contributed by atoms with van der Waals surface area (Å²) in [6, 6.07) is 11.0. The fourth-order valence-electron chi connectivity index (χ4n) is 5.29. The second-order valence-corrected chi connectivity index (χ2v) is 10.1. The molecule has 188 valence electrons. The van der Waals surface area contributed by atoms with E-state index in [1.807, 2.05) is 19.9 Å². The van der Waals surface area contributed by atoms with Gasteiger partial charge in [-0.05, 0) is 63.8 Å². The molecule has 0 radical (unpaired) electrons. The van der Waals surface area contributed by atoms with Gasteiger partial charge in [-0.15, -0.1) is 0 Å². The van der Waals surface area contributed by atoms with E-state index in [1.165, 1.54) is 6.07 Å². The molecule has 1 aliphatic carbocycles. The van der Waals surface area contributed by atoms with E-state index in [1.54, 1.807) is 36.7 Å². The number of nitrogens with two attached hydrogens (primary N) is 1. The van der Waals surface area contributed by atoms with E-state index < -0.39 is 5.82 Å². The first-order valence-electron chi connectivity index (χ1n) is 12.4. The van der Waals surface area contributed by atoms with Crippen LogP contribution in [0.25, 0.3) is 33.1 Å². The Balaban J connectivity index is 1.44. The Labute approximate surface area is 218 Å². The van der Waals surface area contributed by atoms with E-state index >= 15 is 4.39 Å². The smallest absolute Gasteiger partial charge is 0.322 e. The van der Waals surface area contributed by atoms with Crippen LogP contribution in [0.1, 0.15) is 43.2 Å². The van der Waals surface area contributed by atoms with Gasteiger partial charge in [-0.25, -0.2) is 19.3 Å². The third kappa shape index (κ3) is 4.40. The van der Waals surface area contributed by atoms with Crippen molar-refractivity contribution in [3.63, 3.8) is 0 Å². The zero-order valence-electron chi connectivity index (χ0n) is 20.6. The van der Waals surface area contributed by atoms with Gasteiger partial charge in [0, 0.05) is 52.6 Å². The standard InChI is InChI=1S/C28H26ClFN6O/c1-15-9-10-32-28(34-15)37-19-7-8-20(23(29)11-19)21-12-22-25(13-24(21)30)33-14-26-27(22)36(16(2)35-26)18-5-3-17(31)4-6-18/h7-14,17-18H,3-6,31H2,1-2H3/t17-,18-. The Morgan fingerprint density at radius 2 is 1.78 bits per heavy atom. The lowest BCUT2D eigenvalue weighted by molar-refractivity contribution is 0.325. The molecule has 37 heavy (non-hydrogen) atoms. The predicted octanol–water partition coefficient (Wildman–Crippen LogP) is 6.69. The summed E-state index contributed by atoms with van der Waals surface area (Å²) in [7, 11) is 0. The lowest BCUT2D eigenvalue weighted by Crippen LogP contribution is -2.28. The molecule has 0 atom stereocenters. The van der Waals surface area contributed by atoms with Gasteiger partial charge in [-0.3, -0.25) is 4.98 Å². The molecular weight excluding hydrogens is 491 g/mol. The lowest BCUT2D eigenvalue weighted by Gasteiger charge is -2.28. The topological polar surface area (TPSA) is 91.7 Å². The van der Waals surface area contributed by atoms with Gasteiger partial charge in [-0.1, -0.05) is 11.6 Å². The highest BCUT2D eigenvalue weighted by Gasteiger charge is 2.25. The van der Waals surface area contributed by atoms with Crippen LogP contribution in [0.2, 0.25) is 5.02 Å². The number of halogens is 2. The van der Waals surface area contributed by atoms with Gasteiger partial charge < -0.3 is 15.0 Å². The monoisotopic (exact) mass is 516 g/mol. The number of fused-ring (bicyclic) bond motifs is 3. The molecular formula is C28H26ClFN6O. The zero-order valence-corrected chi connectivity index (χ0v) is 21.3. The van der Waals surface area contributed by atoms with Gasteiger partial charge in [0.25, 0.3) is 0 Å². The van der Waals surface area contributed by atoms with Gasteiger partial charge in [0.05, 0.1) is 22.3 Å². The van der Waals surface area contributed by atoms with Crippen molar-refractivity contribution in [2.24, 2.45) is 5.73 Å². The average molecular weight is 517 g/mol. The van der Waals surface area contributed by atoms with Crippen LogP contribution in [0.3, 0.4) is 0 Å². The van der Waals surface area contributed by atoms with Crippen molar-refractivity contribution in [2.45, 2.75) is 51.6 Å². The van der Waals surface area contributed by atoms with Crippen LogP contribution >= 0.6 is 11.6 Å². The van der Waals surface area contributed by atoms with Crippen molar-refractivity contribution in [2.75, 3.05) is 0 Å². The molecule has 6 rings (SSSR count). The van der Waals surface area contributed by atoms with E-state index in [2.05, 4.69) is 19.5 Å². The van der Waals surface area contributed by atoms with Crippen LogP contribution in [0, 0.1) is 19.7 Å². The lowest BCUT2D eigenvalue weighted by atomic mass is 9.91. The molecule has 2 N–H and O–H groups in total. The number of ether oxygens (including phenoxy) is 1. The van der Waals surface area contributed by atoms with Crippen molar-refractivity contribution in [1.29, 1.82) is 0 Å². The van der Waals surface area contributed by atoms with Gasteiger partial charge >= 0.3 is 6.01 Å². The third-order valence-electron chi connectivity index (χ3n) is 7.10. The third-order valence-corrected chi connectivity index (χ3v) is 7.41. The number of nitrogens with zero attached hydrogens (tertiary/aromatic N) is 5. The number of hydrogen-bond acceptors (Lipinski definition) is 6. The summed E-state index contributed by atoms with van der Waals surface area (Å²) in [5, 5.41) is 1.20. The molecule has 9 heteroatoms. The Hall–Kier alpha value is -3.62. The normalized spacial score (nSPS) is 18.0. The maximum Gasteiger partial charge on any atom is 0.322 e. The predicted molar refractivity (Wildman–Crippen MR) is 142 cm³/mol. The molecule has 1 aliphatic rings. The number of aryl methyl sites for hydroxylation is 2. The highest BCUT2D eigenvalue weighted by atomic mass is 35.5. The summed E-state index contributed by atoms with van der Waals surface area (Å²) in [4.78, 5) is 17.6. The quantitative estimate of drug-likeness (QED) is 0.286. The second kappa shape index (κ2) is 9.36. The molecule has 7 nitrogen and oxygen atoms in total. The Morgan fingerprint density at radius 1 is 0.973 bits per heavy atom. The van der Waals surface area contributed by atoms with Crippen molar-refractivity contribution >= 4 is 33.5 Å². The zero-order chi connectivity index (χ0) is 25.7. The molecule has 3 aromatic heterocycles. The number of imidazole rings is 1. The first-order valence-corrected chi connectivity index (χ1v) is 12.7. The van der Waals surface area contributed by atoms with Crippen LogP contribution < -0.4 is 10.5 Å². The van der Waals surface area contributed by atoms with E-state index in [-0.39, 0.29) is 12.1 Å². The van der Waals surface area contributed by atoms with Crippen LogP contribution in [-0.2, 0) is 0 Å². The van der Waals surface area contributed by atoms with Crippen molar-refractivity contribution < 1.29 is 9.13 Å². The minimum atomic E-state index is -0.400. The SMILES string of the molecule is Cc1ccnc(Oc2ccc(-c3cc4c(cc3F)ncc3nc(C)n([C@H]5CC[C@H](N)CC5)c34)c(Cl)c2)n1. The molecule has 1 fully saturated rings. The maximum absolute atomic E-state index is 15.4. The second-order valence-electron chi connectivity index (χ2n) is 9.66. The molecule has 0 spiro atoms. The number of hydrogen-bond donors (Lipinski definition) is 1. The molecule has 0 saturated heterocycles. The summed E-state index contributed by atoms with van der Waals surface area (Å²) in [5.41, 5.74) is 10.2. The highest BCUT2D eigenvalue weighted by molar-refractivity contribution is 6.33. The Kier molecular flexibility index (Phi) is 6.01. The fourth-order valence-corrected chi connectivity index (χ4v) is 5.56. The summed E-state index contributed by atoms with van der Waals surface area (Å²) in [6.45, 7) is 3.87. The number of rotatable bonds is 4. The largest absolute Gasteiger partial charge is 0.424 e. The minimum Gasteiger partial charge on any atom is -0.424 e. The van der Waals surface area contributed by atoms with E-state index in [9.17, 15) is 0 Å². The van der Waals surface area contributed by atoms with Crippen LogP contribution in [0.15, 0.2) is 48.8 Å². The summed E-state index contributed by atoms with van der Waals surface area (Å²) in [5.74, 6) is 0.991. The first kappa shape index (κ1) is 23.8. The summed E-state index contributed by atoms with van der Waals surface area (Å²) >= 11 is 6.64. The van der Waals surface area contributed by atoms with Gasteiger partial charge in [-0.2, -0.15) is 0 Å². The first-order chi connectivity index (χ1) is 17.9.